The van der Waals surface area contributed by atoms with Gasteiger partial charge < -0.3 is 37.4 Å². The van der Waals surface area contributed by atoms with Gasteiger partial charge >= 0.3 is 5.97 Å². The third-order valence-electron chi connectivity index (χ3n) is 6.01. The largest absolute Gasteiger partial charge is 0.756 e. The Kier molecular flexibility index (Phi) is 25.8. The molecule has 0 fully saturated rings. The highest BCUT2D eigenvalue weighted by molar-refractivity contribution is 7.45. The number of likely N-dealkylation sites (N-methyl/N-ethyl adjacent to an activating group) is 1. The van der Waals surface area contributed by atoms with Gasteiger partial charge in [-0.1, -0.05) is 63.3 Å². The molecule has 0 heterocycles. The van der Waals surface area contributed by atoms with Gasteiger partial charge in [-0.15, -0.1) is 0 Å². The number of quaternary nitrogens is 1. The summed E-state index contributed by atoms with van der Waals surface area (Å²) in [7, 11) is 2.81. The van der Waals surface area contributed by atoms with Crippen LogP contribution in [0.1, 0.15) is 84.0 Å². The van der Waals surface area contributed by atoms with E-state index in [4.69, 9.17) is 28.0 Å². The van der Waals surface area contributed by atoms with E-state index in [1.165, 1.54) is 25.7 Å². The number of carbonyl (C=O) groups is 1. The Hall–Kier alpha value is -1.10. The van der Waals surface area contributed by atoms with Crippen LogP contribution in [0.2, 0.25) is 0 Å². The molecule has 0 radical (unpaired) electrons. The number of rotatable bonds is 29. The maximum absolute atomic E-state index is 12.2. The van der Waals surface area contributed by atoms with E-state index < -0.39 is 13.9 Å². The van der Waals surface area contributed by atoms with Crippen molar-refractivity contribution in [3.8, 4) is 0 Å². The van der Waals surface area contributed by atoms with Gasteiger partial charge in [0.05, 0.1) is 41.0 Å². The Morgan fingerprint density at radius 2 is 1.51 bits per heavy atom. The lowest BCUT2D eigenvalue weighted by Gasteiger charge is -2.28. The van der Waals surface area contributed by atoms with Crippen molar-refractivity contribution >= 4 is 13.8 Å². The number of nitrogens with zero attached hydrogens (tertiary/aromatic N) is 1. The lowest BCUT2D eigenvalue weighted by molar-refractivity contribution is -0.870. The second kappa shape index (κ2) is 26.5. The summed E-state index contributed by atoms with van der Waals surface area (Å²) >= 11 is 0. The number of phosphoric ester groups is 1. The van der Waals surface area contributed by atoms with Crippen LogP contribution in [0.4, 0.5) is 0 Å². The molecule has 0 N–H and O–H groups in total. The van der Waals surface area contributed by atoms with Crippen molar-refractivity contribution in [3.63, 3.8) is 0 Å². The highest BCUT2D eigenvalue weighted by atomic mass is 31.2. The number of esters is 1. The van der Waals surface area contributed by atoms with Crippen LogP contribution in [-0.4, -0.2) is 91.2 Å². The summed E-state index contributed by atoms with van der Waals surface area (Å²) in [4.78, 5) is 24.3. The first-order valence-electron chi connectivity index (χ1n) is 15.1. The monoisotopic (exact) mass is 607 g/mol. The van der Waals surface area contributed by atoms with Gasteiger partial charge in [0.25, 0.3) is 7.82 Å². The molecule has 0 saturated heterocycles. The van der Waals surface area contributed by atoms with Crippen molar-refractivity contribution in [3.05, 3.63) is 24.3 Å². The van der Waals surface area contributed by atoms with Crippen LogP contribution in [0.3, 0.4) is 0 Å². The molecule has 2 atom stereocenters. The molecule has 0 aliphatic heterocycles. The van der Waals surface area contributed by atoms with Crippen molar-refractivity contribution in [1.82, 2.24) is 0 Å². The van der Waals surface area contributed by atoms with Gasteiger partial charge in [-0.2, -0.15) is 0 Å². The second-order valence-corrected chi connectivity index (χ2v) is 12.5. The van der Waals surface area contributed by atoms with Crippen LogP contribution in [0.5, 0.6) is 0 Å². The summed E-state index contributed by atoms with van der Waals surface area (Å²) in [6.45, 7) is 2.80. The van der Waals surface area contributed by atoms with Crippen molar-refractivity contribution in [2.75, 3.05) is 74.6 Å². The van der Waals surface area contributed by atoms with Gasteiger partial charge in [0.1, 0.15) is 32.7 Å². The number of hydrogen-bond donors (Lipinski definition) is 0. The minimum atomic E-state index is -4.52. The molecule has 242 valence electrons. The summed E-state index contributed by atoms with van der Waals surface area (Å²) in [5.41, 5.74) is 0. The average molecular weight is 608 g/mol. The van der Waals surface area contributed by atoms with E-state index in [9.17, 15) is 14.3 Å². The zero-order chi connectivity index (χ0) is 30.7. The van der Waals surface area contributed by atoms with Crippen molar-refractivity contribution in [1.29, 1.82) is 0 Å². The standard InChI is InChI=1S/C30H58NO9P/c1-6-7-8-9-10-11-12-13-14-15-16-17-18-19-20-21-30(32)37-26-29(38-28-36-25-24-35-5)27-40-41(33,34)39-23-22-31(2,3)4/h10-11,13-14,29H,6-9,12,15-28H2,1-5H3/b11-10-,14-13-/t29-/m1/s1. The lowest BCUT2D eigenvalue weighted by Crippen LogP contribution is -2.37. The number of hydrogen-bond acceptors (Lipinski definition) is 9. The Bertz CT molecular complexity index is 725. The van der Waals surface area contributed by atoms with Crippen LogP contribution in [0.15, 0.2) is 24.3 Å². The fourth-order valence-electron chi connectivity index (χ4n) is 3.47. The molecular weight excluding hydrogens is 549 g/mol. The smallest absolute Gasteiger partial charge is 0.305 e. The zero-order valence-corrected chi connectivity index (χ0v) is 27.3. The number of carbonyl (C=O) groups excluding carboxylic acids is 1. The fraction of sp³-hybridized carbons (Fsp3) is 0.833. The van der Waals surface area contributed by atoms with Gasteiger partial charge in [0, 0.05) is 13.5 Å². The van der Waals surface area contributed by atoms with Gasteiger partial charge in [-0.3, -0.25) is 9.36 Å². The first-order valence-corrected chi connectivity index (χ1v) is 16.6. The SMILES string of the molecule is CCCCC/C=C\C/C=C\CCCCCCCC(=O)OC[C@H](COP(=O)([O-])OCC[N+](C)(C)C)OCOCCOC. The summed E-state index contributed by atoms with van der Waals surface area (Å²) in [6, 6.07) is 0. The summed E-state index contributed by atoms with van der Waals surface area (Å²) in [5, 5.41) is 0. The van der Waals surface area contributed by atoms with Crippen LogP contribution >= 0.6 is 7.82 Å². The van der Waals surface area contributed by atoms with E-state index in [1.807, 2.05) is 21.1 Å². The predicted octanol–water partition coefficient (Wildman–Crippen LogP) is 5.56. The molecule has 11 heteroatoms. The second-order valence-electron chi connectivity index (χ2n) is 11.1. The normalized spacial score (nSPS) is 14.6. The number of methoxy groups -OCH3 is 1. The molecule has 0 aromatic heterocycles. The minimum Gasteiger partial charge on any atom is -0.756 e. The average Bonchev–Trinajstić information content (AvgIpc) is 2.91. The third-order valence-corrected chi connectivity index (χ3v) is 6.97. The Balaban J connectivity index is 4.15. The molecule has 0 aliphatic rings. The Labute approximate surface area is 249 Å². The minimum absolute atomic E-state index is 0.00152. The summed E-state index contributed by atoms with van der Waals surface area (Å²) in [5.74, 6) is -0.353. The highest BCUT2D eigenvalue weighted by Crippen LogP contribution is 2.38. The summed E-state index contributed by atoms with van der Waals surface area (Å²) in [6.07, 6.45) is 20.7. The zero-order valence-electron chi connectivity index (χ0n) is 26.4. The van der Waals surface area contributed by atoms with Gasteiger partial charge in [0.15, 0.2) is 0 Å². The Morgan fingerprint density at radius 1 is 0.854 bits per heavy atom. The molecule has 0 spiro atoms. The highest BCUT2D eigenvalue weighted by Gasteiger charge is 2.19. The van der Waals surface area contributed by atoms with Gasteiger partial charge in [-0.05, 0) is 38.5 Å². The molecule has 0 aromatic rings. The van der Waals surface area contributed by atoms with E-state index in [0.29, 0.717) is 30.7 Å². The van der Waals surface area contributed by atoms with E-state index >= 15 is 0 Å². The molecule has 10 nitrogen and oxygen atoms in total. The van der Waals surface area contributed by atoms with Gasteiger partial charge in [0.2, 0.25) is 0 Å². The van der Waals surface area contributed by atoms with E-state index in [1.54, 1.807) is 7.11 Å². The van der Waals surface area contributed by atoms with Crippen molar-refractivity contribution < 1.29 is 46.7 Å². The molecular formula is C30H58NO9P. The molecule has 0 aliphatic carbocycles. The number of ether oxygens (including phenoxy) is 4. The topological polar surface area (TPSA) is 113 Å². The molecule has 1 unspecified atom stereocenters. The van der Waals surface area contributed by atoms with E-state index in [0.717, 1.165) is 44.9 Å². The number of unbranched alkanes of at least 4 members (excludes halogenated alkanes) is 8. The van der Waals surface area contributed by atoms with E-state index in [2.05, 4.69) is 31.2 Å². The van der Waals surface area contributed by atoms with Crippen molar-refractivity contribution in [2.24, 2.45) is 0 Å². The molecule has 0 aromatic carbocycles. The molecule has 41 heavy (non-hydrogen) atoms. The van der Waals surface area contributed by atoms with Crippen LogP contribution in [-0.2, 0) is 37.4 Å². The lowest BCUT2D eigenvalue weighted by atomic mass is 10.1. The van der Waals surface area contributed by atoms with Crippen molar-refractivity contribution in [2.45, 2.75) is 90.1 Å². The summed E-state index contributed by atoms with van der Waals surface area (Å²) < 4.78 is 43.6. The molecule has 0 rings (SSSR count). The predicted molar refractivity (Wildman–Crippen MR) is 160 cm³/mol. The van der Waals surface area contributed by atoms with Crippen LogP contribution < -0.4 is 4.89 Å². The van der Waals surface area contributed by atoms with Crippen LogP contribution in [0.25, 0.3) is 0 Å². The quantitative estimate of drug-likeness (QED) is 0.0269. The molecule has 0 saturated carbocycles. The number of allylic oxidation sites excluding steroid dienone is 4. The van der Waals surface area contributed by atoms with Crippen LogP contribution in [0, 0.1) is 0 Å². The molecule has 0 amide bonds. The van der Waals surface area contributed by atoms with Gasteiger partial charge in [-0.25, -0.2) is 0 Å². The Morgan fingerprint density at radius 3 is 2.17 bits per heavy atom. The fourth-order valence-corrected chi connectivity index (χ4v) is 4.20. The maximum atomic E-state index is 12.2. The first kappa shape index (κ1) is 39.9. The third kappa shape index (κ3) is 30.2. The first-order chi connectivity index (χ1) is 19.6. The molecule has 0 bridgehead atoms. The maximum Gasteiger partial charge on any atom is 0.305 e. The van der Waals surface area contributed by atoms with E-state index in [-0.39, 0.29) is 32.6 Å². The number of phosphoric acid groups is 1.